The molecule has 1 heterocycles. The van der Waals surface area contributed by atoms with Crippen LogP contribution >= 0.6 is 23.4 Å². The van der Waals surface area contributed by atoms with Gasteiger partial charge in [-0.2, -0.15) is 13.2 Å². The van der Waals surface area contributed by atoms with Gasteiger partial charge in [-0.3, -0.25) is 9.59 Å². The third-order valence-corrected chi connectivity index (χ3v) is 5.43. The van der Waals surface area contributed by atoms with Crippen LogP contribution in [0.15, 0.2) is 47.5 Å². The number of carbonyl (C=O) groups excluding carboxylic acids is 2. The van der Waals surface area contributed by atoms with E-state index < -0.39 is 28.8 Å². The second-order valence-electron chi connectivity index (χ2n) is 6.16. The number of thioether (sulfide) groups is 1. The van der Waals surface area contributed by atoms with Crippen LogP contribution in [-0.4, -0.2) is 29.3 Å². The molecular formula is C19H15ClF3N3O3S. The van der Waals surface area contributed by atoms with Crippen molar-refractivity contribution in [2.45, 2.75) is 17.8 Å². The summed E-state index contributed by atoms with van der Waals surface area (Å²) in [4.78, 5) is 28.9. The van der Waals surface area contributed by atoms with E-state index in [9.17, 15) is 22.8 Å². The number of methoxy groups -OCH3 is 1. The molecule has 1 aliphatic heterocycles. The average molecular weight is 458 g/mol. The molecule has 0 saturated carbocycles. The predicted octanol–water partition coefficient (Wildman–Crippen LogP) is 4.62. The molecular weight excluding hydrogens is 443 g/mol. The van der Waals surface area contributed by atoms with E-state index in [2.05, 4.69) is 15.6 Å². The molecule has 2 N–H and O–H groups in total. The minimum atomic E-state index is -4.58. The fraction of sp³-hybridized carbons (Fsp3) is 0.211. The molecule has 1 saturated heterocycles. The maximum absolute atomic E-state index is 12.9. The minimum absolute atomic E-state index is 0.0475. The Balaban J connectivity index is 1.76. The molecule has 2 amide bonds. The lowest BCUT2D eigenvalue weighted by Crippen LogP contribution is -2.41. The van der Waals surface area contributed by atoms with Crippen molar-refractivity contribution in [3.05, 3.63) is 53.1 Å². The molecule has 2 aromatic carbocycles. The van der Waals surface area contributed by atoms with Crippen molar-refractivity contribution in [1.82, 2.24) is 5.32 Å². The van der Waals surface area contributed by atoms with Crippen LogP contribution in [0.5, 0.6) is 5.75 Å². The fourth-order valence-corrected chi connectivity index (χ4v) is 3.70. The van der Waals surface area contributed by atoms with Crippen LogP contribution in [0, 0.1) is 0 Å². The summed E-state index contributed by atoms with van der Waals surface area (Å²) in [5, 5.41) is 4.21. The van der Waals surface area contributed by atoms with E-state index in [1.54, 1.807) is 24.3 Å². The third kappa shape index (κ3) is 5.45. The maximum Gasteiger partial charge on any atom is 0.416 e. The van der Waals surface area contributed by atoms with Gasteiger partial charge in [0.2, 0.25) is 11.8 Å². The summed E-state index contributed by atoms with van der Waals surface area (Å²) in [5.41, 5.74) is -0.602. The Morgan fingerprint density at radius 2 is 1.97 bits per heavy atom. The molecule has 1 unspecified atom stereocenters. The van der Waals surface area contributed by atoms with Crippen LogP contribution in [0.4, 0.5) is 24.5 Å². The van der Waals surface area contributed by atoms with Gasteiger partial charge in [-0.15, -0.1) is 0 Å². The van der Waals surface area contributed by atoms with Crippen molar-refractivity contribution in [3.63, 3.8) is 0 Å². The summed E-state index contributed by atoms with van der Waals surface area (Å²) in [5.74, 6) is -0.454. The highest BCUT2D eigenvalue weighted by atomic mass is 35.5. The monoisotopic (exact) mass is 457 g/mol. The second kappa shape index (κ2) is 8.97. The number of aliphatic imine (C=N–C) groups is 1. The highest BCUT2D eigenvalue weighted by molar-refractivity contribution is 8.15. The van der Waals surface area contributed by atoms with Gasteiger partial charge in [0, 0.05) is 6.42 Å². The number of alkyl halides is 3. The first kappa shape index (κ1) is 22.0. The van der Waals surface area contributed by atoms with Gasteiger partial charge in [-0.1, -0.05) is 23.4 Å². The molecule has 0 spiro atoms. The highest BCUT2D eigenvalue weighted by Crippen LogP contribution is 2.34. The fourth-order valence-electron chi connectivity index (χ4n) is 2.53. The molecule has 0 bridgehead atoms. The number of anilines is 1. The Morgan fingerprint density at radius 3 is 2.60 bits per heavy atom. The van der Waals surface area contributed by atoms with Crippen molar-refractivity contribution in [3.8, 4) is 5.75 Å². The van der Waals surface area contributed by atoms with Gasteiger partial charge in [0.25, 0.3) is 0 Å². The molecule has 158 valence electrons. The van der Waals surface area contributed by atoms with E-state index in [0.717, 1.165) is 30.0 Å². The number of carbonyl (C=O) groups is 2. The number of halogens is 4. The summed E-state index contributed by atoms with van der Waals surface area (Å²) in [6, 6.07) is 9.34. The van der Waals surface area contributed by atoms with Crippen molar-refractivity contribution in [2.24, 2.45) is 4.99 Å². The van der Waals surface area contributed by atoms with Gasteiger partial charge >= 0.3 is 6.18 Å². The first-order valence-corrected chi connectivity index (χ1v) is 9.78. The number of nitrogens with one attached hydrogen (secondary N) is 2. The molecule has 0 aliphatic carbocycles. The van der Waals surface area contributed by atoms with Gasteiger partial charge in [0.05, 0.1) is 29.1 Å². The zero-order chi connectivity index (χ0) is 21.9. The molecule has 0 aromatic heterocycles. The topological polar surface area (TPSA) is 79.8 Å². The number of ether oxygens (including phenoxy) is 1. The van der Waals surface area contributed by atoms with Crippen LogP contribution < -0.4 is 15.4 Å². The van der Waals surface area contributed by atoms with Crippen LogP contribution in [0.25, 0.3) is 0 Å². The summed E-state index contributed by atoms with van der Waals surface area (Å²) < 4.78 is 43.8. The lowest BCUT2D eigenvalue weighted by Gasteiger charge is -2.22. The van der Waals surface area contributed by atoms with Gasteiger partial charge in [-0.25, -0.2) is 4.99 Å². The first-order valence-electron chi connectivity index (χ1n) is 8.52. The predicted molar refractivity (Wildman–Crippen MR) is 109 cm³/mol. The van der Waals surface area contributed by atoms with E-state index in [4.69, 9.17) is 16.3 Å². The molecule has 30 heavy (non-hydrogen) atoms. The van der Waals surface area contributed by atoms with Crippen LogP contribution in [0.1, 0.15) is 12.0 Å². The third-order valence-electron chi connectivity index (χ3n) is 4.02. The van der Waals surface area contributed by atoms with Crippen molar-refractivity contribution < 1.29 is 27.5 Å². The Morgan fingerprint density at radius 1 is 1.27 bits per heavy atom. The van der Waals surface area contributed by atoms with Crippen molar-refractivity contribution >= 4 is 51.7 Å². The van der Waals surface area contributed by atoms with E-state index in [0.29, 0.717) is 11.4 Å². The average Bonchev–Trinajstić information content (AvgIpc) is 2.69. The maximum atomic E-state index is 12.9. The lowest BCUT2D eigenvalue weighted by atomic mass is 10.2. The molecule has 11 heteroatoms. The Labute approximate surface area is 178 Å². The highest BCUT2D eigenvalue weighted by Gasteiger charge is 2.33. The molecule has 1 atom stereocenters. The van der Waals surface area contributed by atoms with Crippen LogP contribution in [-0.2, 0) is 15.8 Å². The molecule has 6 nitrogen and oxygen atoms in total. The van der Waals surface area contributed by atoms with E-state index in [1.165, 1.54) is 7.11 Å². The zero-order valence-corrected chi connectivity index (χ0v) is 17.0. The Hall–Kier alpha value is -2.72. The molecule has 2 aromatic rings. The number of rotatable bonds is 4. The standard InChI is InChI=1S/C19H15ClF3N3O3S/c1-29-12-5-3-11(4-6-12)24-18-26-16(27)9-15(30-18)17(28)25-14-8-10(19(21,22)23)2-7-13(14)20/h2-8,15H,9H2,1H3,(H,25,28)(H,24,26,27). The second-order valence-corrected chi connectivity index (χ2v) is 7.75. The molecule has 1 fully saturated rings. The SMILES string of the molecule is COc1ccc(N=C2NC(=O)CC(C(=O)Nc3cc(C(F)(F)F)ccc3Cl)S2)cc1. The van der Waals surface area contributed by atoms with Gasteiger partial charge < -0.3 is 15.4 Å². The summed E-state index contributed by atoms with van der Waals surface area (Å²) in [6.45, 7) is 0. The lowest BCUT2D eigenvalue weighted by molar-refractivity contribution is -0.137. The first-order chi connectivity index (χ1) is 14.2. The zero-order valence-electron chi connectivity index (χ0n) is 15.4. The number of amidine groups is 1. The van der Waals surface area contributed by atoms with Gasteiger partial charge in [0.15, 0.2) is 5.17 Å². The van der Waals surface area contributed by atoms with E-state index in [-0.39, 0.29) is 22.3 Å². The molecule has 3 rings (SSSR count). The normalized spacial score (nSPS) is 18.1. The van der Waals surface area contributed by atoms with Crippen LogP contribution in [0.3, 0.4) is 0 Å². The largest absolute Gasteiger partial charge is 0.497 e. The minimum Gasteiger partial charge on any atom is -0.497 e. The number of amides is 2. The van der Waals surface area contributed by atoms with E-state index in [1.807, 2.05) is 0 Å². The number of nitrogens with zero attached hydrogens (tertiary/aromatic N) is 1. The Bertz CT molecular complexity index is 997. The summed E-state index contributed by atoms with van der Waals surface area (Å²) in [6.07, 6.45) is -4.74. The number of benzene rings is 2. The summed E-state index contributed by atoms with van der Waals surface area (Å²) >= 11 is 6.91. The molecule has 1 aliphatic rings. The number of hydrogen-bond donors (Lipinski definition) is 2. The van der Waals surface area contributed by atoms with E-state index >= 15 is 0 Å². The smallest absolute Gasteiger partial charge is 0.416 e. The molecule has 0 radical (unpaired) electrons. The van der Waals surface area contributed by atoms with Gasteiger partial charge in [0.1, 0.15) is 11.0 Å². The quantitative estimate of drug-likeness (QED) is 0.702. The van der Waals surface area contributed by atoms with Crippen molar-refractivity contribution in [2.75, 3.05) is 12.4 Å². The number of hydrogen-bond acceptors (Lipinski definition) is 5. The van der Waals surface area contributed by atoms with Crippen molar-refractivity contribution in [1.29, 1.82) is 0 Å². The summed E-state index contributed by atoms with van der Waals surface area (Å²) in [7, 11) is 1.53. The Kier molecular flexibility index (Phi) is 6.57. The van der Waals surface area contributed by atoms with Crippen LogP contribution in [0.2, 0.25) is 5.02 Å². The van der Waals surface area contributed by atoms with Gasteiger partial charge in [-0.05, 0) is 42.5 Å².